The van der Waals surface area contributed by atoms with Crippen LogP contribution in [0.25, 0.3) is 0 Å². The highest BCUT2D eigenvalue weighted by Crippen LogP contribution is 2.22. The van der Waals surface area contributed by atoms with E-state index in [1.807, 2.05) is 0 Å². The largest absolute Gasteiger partial charge is 0.487 e. The Morgan fingerprint density at radius 1 is 1.25 bits per heavy atom. The molecule has 5 nitrogen and oxygen atoms in total. The Labute approximate surface area is 114 Å². The van der Waals surface area contributed by atoms with Crippen LogP contribution in [0.1, 0.15) is 11.1 Å². The van der Waals surface area contributed by atoms with Gasteiger partial charge in [-0.1, -0.05) is 6.07 Å². The van der Waals surface area contributed by atoms with Gasteiger partial charge in [-0.25, -0.2) is 4.39 Å². The van der Waals surface area contributed by atoms with Gasteiger partial charge in [0.1, 0.15) is 29.8 Å². The number of ether oxygens (including phenoxy) is 1. The van der Waals surface area contributed by atoms with Crippen molar-refractivity contribution in [2.24, 2.45) is 0 Å². The number of nitrogens with zero attached hydrogens (tertiary/aromatic N) is 2. The molecule has 0 atom stereocenters. The third-order valence-corrected chi connectivity index (χ3v) is 2.63. The van der Waals surface area contributed by atoms with Gasteiger partial charge in [0.2, 0.25) is 0 Å². The fourth-order valence-corrected chi connectivity index (χ4v) is 1.61. The average molecular weight is 272 g/mol. The summed E-state index contributed by atoms with van der Waals surface area (Å²) in [5, 5.41) is 19.4. The first-order chi connectivity index (χ1) is 9.61. The van der Waals surface area contributed by atoms with E-state index in [0.717, 1.165) is 0 Å². The monoisotopic (exact) mass is 272 g/mol. The summed E-state index contributed by atoms with van der Waals surface area (Å²) in [5.41, 5.74) is 0.510. The second kappa shape index (κ2) is 5.80. The molecule has 0 heterocycles. The van der Waals surface area contributed by atoms with Gasteiger partial charge < -0.3 is 4.74 Å². The molecule has 0 aliphatic rings. The number of nitro groups is 1. The molecule has 100 valence electrons. The second-order valence-corrected chi connectivity index (χ2v) is 3.94. The van der Waals surface area contributed by atoms with E-state index in [4.69, 9.17) is 10.00 Å². The van der Waals surface area contributed by atoms with Crippen LogP contribution in [-0.2, 0) is 6.61 Å². The van der Waals surface area contributed by atoms with Gasteiger partial charge in [-0.05, 0) is 29.8 Å². The summed E-state index contributed by atoms with van der Waals surface area (Å²) in [6.45, 7) is 0.0934. The molecule has 2 aromatic carbocycles. The third-order valence-electron chi connectivity index (χ3n) is 2.63. The number of halogens is 1. The van der Waals surface area contributed by atoms with E-state index in [9.17, 15) is 14.5 Å². The lowest BCUT2D eigenvalue weighted by Crippen LogP contribution is -1.99. The minimum Gasteiger partial charge on any atom is -0.487 e. The van der Waals surface area contributed by atoms with Gasteiger partial charge in [-0.3, -0.25) is 10.1 Å². The second-order valence-electron chi connectivity index (χ2n) is 3.94. The molecule has 0 aromatic heterocycles. The van der Waals surface area contributed by atoms with E-state index >= 15 is 0 Å². The topological polar surface area (TPSA) is 76.2 Å². The number of hydrogen-bond acceptors (Lipinski definition) is 4. The van der Waals surface area contributed by atoms with Crippen molar-refractivity contribution in [3.8, 4) is 11.8 Å². The SMILES string of the molecule is N#Cc1c(F)cccc1OCc1ccc([N+](=O)[O-])cc1. The number of non-ortho nitro benzene ring substituents is 1. The molecule has 20 heavy (non-hydrogen) atoms. The first kappa shape index (κ1) is 13.5. The zero-order valence-corrected chi connectivity index (χ0v) is 10.2. The van der Waals surface area contributed by atoms with Crippen LogP contribution in [0, 0.1) is 27.3 Å². The Bertz CT molecular complexity index is 678. The van der Waals surface area contributed by atoms with Crippen molar-refractivity contribution in [2.75, 3.05) is 0 Å². The molecule has 0 bridgehead atoms. The van der Waals surface area contributed by atoms with Gasteiger partial charge in [-0.15, -0.1) is 0 Å². The van der Waals surface area contributed by atoms with Gasteiger partial charge >= 0.3 is 0 Å². The lowest BCUT2D eigenvalue weighted by atomic mass is 10.2. The highest BCUT2D eigenvalue weighted by atomic mass is 19.1. The minimum atomic E-state index is -0.645. The Hall–Kier alpha value is -2.94. The molecule has 0 saturated heterocycles. The zero-order chi connectivity index (χ0) is 14.5. The van der Waals surface area contributed by atoms with E-state index in [2.05, 4.69) is 0 Å². The van der Waals surface area contributed by atoms with Crippen molar-refractivity contribution in [1.82, 2.24) is 0 Å². The normalized spacial score (nSPS) is 9.80. The summed E-state index contributed by atoms with van der Waals surface area (Å²) in [5.74, 6) is -0.500. The van der Waals surface area contributed by atoms with E-state index in [1.165, 1.54) is 30.3 Å². The summed E-state index contributed by atoms with van der Waals surface area (Å²) in [6, 6.07) is 11.7. The smallest absolute Gasteiger partial charge is 0.269 e. The highest BCUT2D eigenvalue weighted by Gasteiger charge is 2.09. The van der Waals surface area contributed by atoms with Gasteiger partial charge in [0.05, 0.1) is 4.92 Å². The molecule has 2 rings (SSSR count). The minimum absolute atomic E-state index is 0.0165. The van der Waals surface area contributed by atoms with E-state index in [1.54, 1.807) is 18.2 Å². The van der Waals surface area contributed by atoms with Gasteiger partial charge in [0.25, 0.3) is 5.69 Å². The molecule has 0 spiro atoms. The van der Waals surface area contributed by atoms with E-state index in [-0.39, 0.29) is 23.6 Å². The first-order valence-corrected chi connectivity index (χ1v) is 5.66. The van der Waals surface area contributed by atoms with Crippen LogP contribution in [-0.4, -0.2) is 4.92 Å². The molecule has 0 N–H and O–H groups in total. The highest BCUT2D eigenvalue weighted by molar-refractivity contribution is 5.44. The Kier molecular flexibility index (Phi) is 3.91. The van der Waals surface area contributed by atoms with Crippen LogP contribution in [0.3, 0.4) is 0 Å². The molecule has 6 heteroatoms. The van der Waals surface area contributed by atoms with Crippen LogP contribution < -0.4 is 4.74 Å². The van der Waals surface area contributed by atoms with Crippen LogP contribution in [0.15, 0.2) is 42.5 Å². The molecule has 0 unspecified atom stereocenters. The molecule has 0 radical (unpaired) electrons. The summed E-state index contributed by atoms with van der Waals surface area (Å²) >= 11 is 0. The predicted molar refractivity (Wildman–Crippen MR) is 68.5 cm³/mol. The molecule has 0 saturated carbocycles. The molecular weight excluding hydrogens is 263 g/mol. The Morgan fingerprint density at radius 2 is 1.95 bits per heavy atom. The zero-order valence-electron chi connectivity index (χ0n) is 10.2. The number of hydrogen-bond donors (Lipinski definition) is 0. The van der Waals surface area contributed by atoms with Crippen molar-refractivity contribution in [3.05, 3.63) is 69.5 Å². The van der Waals surface area contributed by atoms with Crippen molar-refractivity contribution >= 4 is 5.69 Å². The van der Waals surface area contributed by atoms with Crippen LogP contribution in [0.2, 0.25) is 0 Å². The van der Waals surface area contributed by atoms with Crippen LogP contribution in [0.5, 0.6) is 5.75 Å². The van der Waals surface area contributed by atoms with Gasteiger partial charge in [0, 0.05) is 12.1 Å². The van der Waals surface area contributed by atoms with Gasteiger partial charge in [0.15, 0.2) is 0 Å². The van der Waals surface area contributed by atoms with Crippen molar-refractivity contribution < 1.29 is 14.1 Å². The summed E-state index contributed by atoms with van der Waals surface area (Å²) in [4.78, 5) is 10.0. The van der Waals surface area contributed by atoms with E-state index in [0.29, 0.717) is 5.56 Å². The summed E-state index contributed by atoms with van der Waals surface area (Å²) in [7, 11) is 0. The van der Waals surface area contributed by atoms with Crippen LogP contribution >= 0.6 is 0 Å². The number of benzene rings is 2. The lowest BCUT2D eigenvalue weighted by Gasteiger charge is -2.08. The Balaban J connectivity index is 2.11. The lowest BCUT2D eigenvalue weighted by molar-refractivity contribution is -0.384. The van der Waals surface area contributed by atoms with Crippen molar-refractivity contribution in [2.45, 2.75) is 6.61 Å². The van der Waals surface area contributed by atoms with Gasteiger partial charge in [-0.2, -0.15) is 5.26 Å². The molecule has 2 aromatic rings. The third kappa shape index (κ3) is 2.90. The maximum atomic E-state index is 13.3. The number of rotatable bonds is 4. The maximum Gasteiger partial charge on any atom is 0.269 e. The van der Waals surface area contributed by atoms with E-state index < -0.39 is 10.7 Å². The van der Waals surface area contributed by atoms with Crippen LogP contribution in [0.4, 0.5) is 10.1 Å². The standard InChI is InChI=1S/C14H9FN2O3/c15-13-2-1-3-14(12(13)8-16)20-9-10-4-6-11(7-5-10)17(18)19/h1-7H,9H2. The summed E-state index contributed by atoms with van der Waals surface area (Å²) in [6.07, 6.45) is 0. The number of nitro benzene ring substituents is 1. The summed E-state index contributed by atoms with van der Waals surface area (Å²) < 4.78 is 18.7. The maximum absolute atomic E-state index is 13.3. The Morgan fingerprint density at radius 3 is 2.55 bits per heavy atom. The molecule has 0 fully saturated rings. The fraction of sp³-hybridized carbons (Fsp3) is 0.0714. The average Bonchev–Trinajstić information content (AvgIpc) is 2.45. The number of nitriles is 1. The first-order valence-electron chi connectivity index (χ1n) is 5.66. The molecular formula is C14H9FN2O3. The molecule has 0 amide bonds. The predicted octanol–water partition coefficient (Wildman–Crippen LogP) is 3.18. The van der Waals surface area contributed by atoms with Crippen molar-refractivity contribution in [1.29, 1.82) is 5.26 Å². The molecule has 0 aliphatic heterocycles. The fourth-order valence-electron chi connectivity index (χ4n) is 1.61. The molecule has 0 aliphatic carbocycles. The van der Waals surface area contributed by atoms with Crippen molar-refractivity contribution in [3.63, 3.8) is 0 Å². The quantitative estimate of drug-likeness (QED) is 0.632.